The zero-order valence-corrected chi connectivity index (χ0v) is 8.55. The Bertz CT molecular complexity index is 318. The van der Waals surface area contributed by atoms with Gasteiger partial charge < -0.3 is 4.74 Å². The first kappa shape index (κ1) is 11.2. The van der Waals surface area contributed by atoms with Crippen LogP contribution in [0, 0.1) is 0 Å². The van der Waals surface area contributed by atoms with Gasteiger partial charge in [-0.2, -0.15) is 8.78 Å². The maximum absolute atomic E-state index is 11.8. The average Bonchev–Trinajstić information content (AvgIpc) is 2.07. The van der Waals surface area contributed by atoms with E-state index < -0.39 is 6.61 Å². The van der Waals surface area contributed by atoms with Crippen LogP contribution in [-0.4, -0.2) is 11.6 Å². The smallest absolute Gasteiger partial charge is 0.388 e. The maximum Gasteiger partial charge on any atom is 0.388 e. The summed E-state index contributed by atoms with van der Waals surface area (Å²) >= 11 is 5.70. The molecule has 0 aromatic carbocycles. The molecule has 0 amide bonds. The van der Waals surface area contributed by atoms with Crippen LogP contribution in [0.2, 0.25) is 5.02 Å². The molecule has 5 heteroatoms. The van der Waals surface area contributed by atoms with Crippen LogP contribution in [0.15, 0.2) is 12.3 Å². The van der Waals surface area contributed by atoms with Gasteiger partial charge in [-0.15, -0.1) is 0 Å². The molecule has 0 spiro atoms. The standard InChI is InChI=1S/C9H10ClF2NO/c1-5(2)6-3-7(10)8(13-4-6)14-9(11)12/h3-5,9H,1-2H3. The van der Waals surface area contributed by atoms with E-state index in [0.29, 0.717) is 0 Å². The predicted molar refractivity (Wildman–Crippen MR) is 50.0 cm³/mol. The van der Waals surface area contributed by atoms with Gasteiger partial charge in [0.05, 0.1) is 0 Å². The fraction of sp³-hybridized carbons (Fsp3) is 0.444. The SMILES string of the molecule is CC(C)c1cnc(OC(F)F)c(Cl)c1. The summed E-state index contributed by atoms with van der Waals surface area (Å²) in [6, 6.07) is 1.58. The summed E-state index contributed by atoms with van der Waals surface area (Å²) in [7, 11) is 0. The number of hydrogen-bond donors (Lipinski definition) is 0. The molecule has 0 bridgehead atoms. The van der Waals surface area contributed by atoms with Gasteiger partial charge in [0.2, 0.25) is 5.88 Å². The fourth-order valence-electron chi connectivity index (χ4n) is 0.927. The van der Waals surface area contributed by atoms with Crippen molar-refractivity contribution in [2.45, 2.75) is 26.4 Å². The molecule has 0 N–H and O–H groups in total. The van der Waals surface area contributed by atoms with Crippen molar-refractivity contribution in [3.05, 3.63) is 22.8 Å². The number of ether oxygens (including phenoxy) is 1. The lowest BCUT2D eigenvalue weighted by Crippen LogP contribution is -2.04. The molecule has 78 valence electrons. The van der Waals surface area contributed by atoms with Crippen LogP contribution < -0.4 is 4.74 Å². The molecule has 0 atom stereocenters. The third kappa shape index (κ3) is 2.80. The lowest BCUT2D eigenvalue weighted by molar-refractivity contribution is -0.0528. The first-order valence-corrected chi connectivity index (χ1v) is 4.48. The van der Waals surface area contributed by atoms with Crippen molar-refractivity contribution in [2.24, 2.45) is 0 Å². The average molecular weight is 222 g/mol. The molecule has 0 aliphatic rings. The molecule has 0 radical (unpaired) electrons. The van der Waals surface area contributed by atoms with Crippen molar-refractivity contribution in [3.8, 4) is 5.88 Å². The summed E-state index contributed by atoms with van der Waals surface area (Å²) in [5.74, 6) is 0.0201. The predicted octanol–water partition coefficient (Wildman–Crippen LogP) is 3.46. The van der Waals surface area contributed by atoms with Crippen molar-refractivity contribution < 1.29 is 13.5 Å². The normalized spacial score (nSPS) is 11.1. The van der Waals surface area contributed by atoms with Crippen molar-refractivity contribution in [3.63, 3.8) is 0 Å². The molecule has 0 aliphatic carbocycles. The molecule has 2 nitrogen and oxygen atoms in total. The Balaban J connectivity index is 2.90. The van der Waals surface area contributed by atoms with Gasteiger partial charge in [0.1, 0.15) is 5.02 Å². The molecule has 0 unspecified atom stereocenters. The Kier molecular flexibility index (Phi) is 3.63. The summed E-state index contributed by atoms with van der Waals surface area (Å²) in [5.41, 5.74) is 0.886. The molecule has 1 rings (SSSR count). The Hall–Kier alpha value is -0.900. The second-order valence-electron chi connectivity index (χ2n) is 3.09. The van der Waals surface area contributed by atoms with Gasteiger partial charge >= 0.3 is 6.61 Å². The third-order valence-electron chi connectivity index (χ3n) is 1.70. The number of aromatic nitrogens is 1. The highest BCUT2D eigenvalue weighted by atomic mass is 35.5. The first-order valence-electron chi connectivity index (χ1n) is 4.11. The summed E-state index contributed by atoms with van der Waals surface area (Å²) < 4.78 is 27.8. The molecule has 1 heterocycles. The fourth-order valence-corrected chi connectivity index (χ4v) is 1.15. The van der Waals surface area contributed by atoms with E-state index >= 15 is 0 Å². The highest BCUT2D eigenvalue weighted by molar-refractivity contribution is 6.31. The molecular formula is C9H10ClF2NO. The molecule has 1 aromatic rings. The van der Waals surface area contributed by atoms with E-state index in [1.807, 2.05) is 13.8 Å². The van der Waals surface area contributed by atoms with Crippen LogP contribution in [0.1, 0.15) is 25.3 Å². The van der Waals surface area contributed by atoms with Crippen LogP contribution in [0.3, 0.4) is 0 Å². The number of rotatable bonds is 3. The van der Waals surface area contributed by atoms with Gasteiger partial charge in [-0.25, -0.2) is 4.98 Å². The number of hydrogen-bond acceptors (Lipinski definition) is 2. The zero-order valence-electron chi connectivity index (χ0n) is 7.80. The summed E-state index contributed by atoms with van der Waals surface area (Å²) in [6.07, 6.45) is 1.48. The van der Waals surface area contributed by atoms with Crippen molar-refractivity contribution in [1.82, 2.24) is 4.98 Å². The number of halogens is 3. The molecule has 0 saturated carbocycles. The maximum atomic E-state index is 11.8. The molecule has 0 aliphatic heterocycles. The van der Waals surface area contributed by atoms with E-state index in [1.165, 1.54) is 6.20 Å². The van der Waals surface area contributed by atoms with Gasteiger partial charge in [0, 0.05) is 6.20 Å². The van der Waals surface area contributed by atoms with Crippen molar-refractivity contribution in [1.29, 1.82) is 0 Å². The van der Waals surface area contributed by atoms with Crippen LogP contribution in [0.25, 0.3) is 0 Å². The molecule has 0 fully saturated rings. The van der Waals surface area contributed by atoms with Gasteiger partial charge in [0.25, 0.3) is 0 Å². The van der Waals surface area contributed by atoms with Crippen LogP contribution in [0.5, 0.6) is 5.88 Å². The summed E-state index contributed by atoms with van der Waals surface area (Å²) in [4.78, 5) is 3.71. The van der Waals surface area contributed by atoms with E-state index in [1.54, 1.807) is 6.07 Å². The largest absolute Gasteiger partial charge is 0.415 e. The number of pyridine rings is 1. The van der Waals surface area contributed by atoms with Crippen molar-refractivity contribution >= 4 is 11.6 Å². The van der Waals surface area contributed by atoms with Gasteiger partial charge in [-0.3, -0.25) is 0 Å². The minimum atomic E-state index is -2.90. The lowest BCUT2D eigenvalue weighted by Gasteiger charge is -2.08. The van der Waals surface area contributed by atoms with Gasteiger partial charge in [-0.1, -0.05) is 25.4 Å². The lowest BCUT2D eigenvalue weighted by atomic mass is 10.1. The Morgan fingerprint density at radius 2 is 2.07 bits per heavy atom. The highest BCUT2D eigenvalue weighted by Gasteiger charge is 2.11. The van der Waals surface area contributed by atoms with E-state index in [0.717, 1.165) is 5.56 Å². The van der Waals surface area contributed by atoms with Crippen LogP contribution in [-0.2, 0) is 0 Å². The summed E-state index contributed by atoms with van der Waals surface area (Å²) in [6.45, 7) is 1.02. The second-order valence-corrected chi connectivity index (χ2v) is 3.50. The Labute approximate surface area is 85.9 Å². The van der Waals surface area contributed by atoms with E-state index in [9.17, 15) is 8.78 Å². The Morgan fingerprint density at radius 3 is 2.50 bits per heavy atom. The van der Waals surface area contributed by atoms with Crippen LogP contribution >= 0.6 is 11.6 Å². The highest BCUT2D eigenvalue weighted by Crippen LogP contribution is 2.26. The van der Waals surface area contributed by atoms with Crippen LogP contribution in [0.4, 0.5) is 8.78 Å². The van der Waals surface area contributed by atoms with E-state index in [4.69, 9.17) is 11.6 Å². The zero-order chi connectivity index (χ0) is 10.7. The quantitative estimate of drug-likeness (QED) is 0.780. The monoisotopic (exact) mass is 221 g/mol. The topological polar surface area (TPSA) is 22.1 Å². The second kappa shape index (κ2) is 4.55. The summed E-state index contributed by atoms with van der Waals surface area (Å²) in [5, 5.41) is 0.108. The van der Waals surface area contributed by atoms with Crippen molar-refractivity contribution in [2.75, 3.05) is 0 Å². The minimum absolute atomic E-state index is 0.108. The number of nitrogens with zero attached hydrogens (tertiary/aromatic N) is 1. The first-order chi connectivity index (χ1) is 6.50. The van der Waals surface area contributed by atoms with E-state index in [2.05, 4.69) is 9.72 Å². The molecule has 14 heavy (non-hydrogen) atoms. The van der Waals surface area contributed by atoms with Gasteiger partial charge in [0.15, 0.2) is 0 Å². The molecular weight excluding hydrogens is 212 g/mol. The van der Waals surface area contributed by atoms with E-state index in [-0.39, 0.29) is 16.8 Å². The van der Waals surface area contributed by atoms with Gasteiger partial charge in [-0.05, 0) is 17.5 Å². The molecule has 0 saturated heterocycles. The number of alkyl halides is 2. The molecule has 1 aromatic heterocycles. The third-order valence-corrected chi connectivity index (χ3v) is 1.97. The Morgan fingerprint density at radius 1 is 1.43 bits per heavy atom. The minimum Gasteiger partial charge on any atom is -0.415 e.